The van der Waals surface area contributed by atoms with Gasteiger partial charge >= 0.3 is 13.3 Å². The standard InChI is InChI=1S/C21H23BF4O3/c1-19(2)20(3,4)29-22(28-19)16-11-17(23)18(10-15(16)12-21(24,25)26)27-13-14-8-6-5-7-9-14/h5-11H,12-13H2,1-4H3. The number of hydrogen-bond donors (Lipinski definition) is 0. The second kappa shape index (κ2) is 7.65. The predicted octanol–water partition coefficient (Wildman–Crippen LogP) is 4.81. The first kappa shape index (κ1) is 21.6. The molecule has 0 amide bonds. The lowest BCUT2D eigenvalue weighted by molar-refractivity contribution is -0.127. The summed E-state index contributed by atoms with van der Waals surface area (Å²) in [4.78, 5) is 0. The van der Waals surface area contributed by atoms with Crippen molar-refractivity contribution in [3.8, 4) is 5.75 Å². The number of ether oxygens (including phenoxy) is 1. The Balaban J connectivity index is 1.93. The molecule has 1 heterocycles. The van der Waals surface area contributed by atoms with Crippen LogP contribution in [0.1, 0.15) is 38.8 Å². The van der Waals surface area contributed by atoms with Gasteiger partial charge in [-0.3, -0.25) is 0 Å². The number of rotatable bonds is 5. The van der Waals surface area contributed by atoms with Crippen LogP contribution in [0.4, 0.5) is 17.6 Å². The molecule has 3 rings (SSSR count). The third kappa shape index (κ3) is 4.93. The van der Waals surface area contributed by atoms with Crippen LogP contribution in [0.25, 0.3) is 0 Å². The Morgan fingerprint density at radius 2 is 1.55 bits per heavy atom. The molecule has 1 aliphatic rings. The van der Waals surface area contributed by atoms with Gasteiger partial charge in [0.2, 0.25) is 0 Å². The molecule has 1 saturated heterocycles. The van der Waals surface area contributed by atoms with Crippen molar-refractivity contribution in [2.24, 2.45) is 0 Å². The molecule has 0 aromatic heterocycles. The second-order valence-corrected chi connectivity index (χ2v) is 8.14. The monoisotopic (exact) mass is 410 g/mol. The van der Waals surface area contributed by atoms with E-state index >= 15 is 0 Å². The van der Waals surface area contributed by atoms with E-state index in [1.54, 1.807) is 52.0 Å². The van der Waals surface area contributed by atoms with Gasteiger partial charge in [0.15, 0.2) is 11.6 Å². The van der Waals surface area contributed by atoms with Crippen molar-refractivity contribution in [3.05, 3.63) is 59.4 Å². The summed E-state index contributed by atoms with van der Waals surface area (Å²) in [5.41, 5.74) is -0.858. The van der Waals surface area contributed by atoms with Gasteiger partial charge in [-0.2, -0.15) is 13.2 Å². The maximum atomic E-state index is 14.7. The Kier molecular flexibility index (Phi) is 5.71. The Hall–Kier alpha value is -2.06. The zero-order valence-electron chi connectivity index (χ0n) is 16.8. The van der Waals surface area contributed by atoms with E-state index in [0.29, 0.717) is 0 Å². The van der Waals surface area contributed by atoms with E-state index in [-0.39, 0.29) is 23.4 Å². The molecule has 29 heavy (non-hydrogen) atoms. The fourth-order valence-electron chi connectivity index (χ4n) is 3.02. The molecule has 0 atom stereocenters. The van der Waals surface area contributed by atoms with Crippen LogP contribution in [0.2, 0.25) is 0 Å². The summed E-state index contributed by atoms with van der Waals surface area (Å²) >= 11 is 0. The lowest BCUT2D eigenvalue weighted by atomic mass is 9.75. The van der Waals surface area contributed by atoms with Crippen LogP contribution in [-0.2, 0) is 22.3 Å². The summed E-state index contributed by atoms with van der Waals surface area (Å²) in [5, 5.41) is 0. The molecule has 0 saturated carbocycles. The highest BCUT2D eigenvalue weighted by Gasteiger charge is 2.52. The van der Waals surface area contributed by atoms with Crippen LogP contribution in [0, 0.1) is 5.82 Å². The Bertz CT molecular complexity index is 850. The van der Waals surface area contributed by atoms with E-state index < -0.39 is 36.7 Å². The van der Waals surface area contributed by atoms with Crippen molar-refractivity contribution in [3.63, 3.8) is 0 Å². The number of hydrogen-bond acceptors (Lipinski definition) is 3. The van der Waals surface area contributed by atoms with Gasteiger partial charge < -0.3 is 14.0 Å². The van der Waals surface area contributed by atoms with Crippen molar-refractivity contribution in [1.29, 1.82) is 0 Å². The Morgan fingerprint density at radius 1 is 0.966 bits per heavy atom. The molecule has 0 bridgehead atoms. The van der Waals surface area contributed by atoms with Gasteiger partial charge in [-0.25, -0.2) is 4.39 Å². The van der Waals surface area contributed by atoms with E-state index in [9.17, 15) is 17.6 Å². The normalized spacial score (nSPS) is 18.1. The molecule has 1 fully saturated rings. The Morgan fingerprint density at radius 3 is 2.10 bits per heavy atom. The highest BCUT2D eigenvalue weighted by molar-refractivity contribution is 6.62. The summed E-state index contributed by atoms with van der Waals surface area (Å²) in [6, 6.07) is 11.1. The van der Waals surface area contributed by atoms with Gasteiger partial charge in [-0.1, -0.05) is 30.3 Å². The van der Waals surface area contributed by atoms with E-state index in [1.165, 1.54) is 0 Å². The SMILES string of the molecule is CC1(C)OB(c2cc(F)c(OCc3ccccc3)cc2CC(F)(F)F)OC1(C)C. The lowest BCUT2D eigenvalue weighted by Gasteiger charge is -2.32. The average molecular weight is 410 g/mol. The largest absolute Gasteiger partial charge is 0.495 e. The fraction of sp³-hybridized carbons (Fsp3) is 0.429. The predicted molar refractivity (Wildman–Crippen MR) is 103 cm³/mol. The maximum absolute atomic E-state index is 14.7. The minimum atomic E-state index is -4.48. The first-order valence-electron chi connectivity index (χ1n) is 9.29. The lowest BCUT2D eigenvalue weighted by Crippen LogP contribution is -2.41. The average Bonchev–Trinajstić information content (AvgIpc) is 2.82. The van der Waals surface area contributed by atoms with Crippen LogP contribution in [0.3, 0.4) is 0 Å². The summed E-state index contributed by atoms with van der Waals surface area (Å²) in [7, 11) is -1.10. The van der Waals surface area contributed by atoms with Crippen LogP contribution < -0.4 is 10.2 Å². The number of halogens is 4. The summed E-state index contributed by atoms with van der Waals surface area (Å²) in [6.07, 6.45) is -5.72. The van der Waals surface area contributed by atoms with Gasteiger partial charge in [0.05, 0.1) is 17.6 Å². The molecule has 0 spiro atoms. The highest BCUT2D eigenvalue weighted by atomic mass is 19.4. The van der Waals surface area contributed by atoms with E-state index in [4.69, 9.17) is 14.0 Å². The van der Waals surface area contributed by atoms with Gasteiger partial charge in [0, 0.05) is 0 Å². The molecule has 156 valence electrons. The summed E-state index contributed by atoms with van der Waals surface area (Å²) in [6.45, 7) is 7.17. The third-order valence-corrected chi connectivity index (χ3v) is 5.33. The molecule has 3 nitrogen and oxygen atoms in total. The van der Waals surface area contributed by atoms with Crippen LogP contribution in [0.5, 0.6) is 5.75 Å². The highest BCUT2D eigenvalue weighted by Crippen LogP contribution is 2.37. The van der Waals surface area contributed by atoms with Crippen LogP contribution in [0.15, 0.2) is 42.5 Å². The van der Waals surface area contributed by atoms with Crippen molar-refractivity contribution in [2.45, 2.75) is 58.1 Å². The maximum Gasteiger partial charge on any atom is 0.495 e. The van der Waals surface area contributed by atoms with E-state index in [2.05, 4.69) is 0 Å². The smallest absolute Gasteiger partial charge is 0.486 e. The van der Waals surface area contributed by atoms with Crippen LogP contribution in [-0.4, -0.2) is 24.5 Å². The molecule has 0 N–H and O–H groups in total. The molecule has 0 unspecified atom stereocenters. The summed E-state index contributed by atoms with van der Waals surface area (Å²) in [5.74, 6) is -1.01. The first-order valence-corrected chi connectivity index (χ1v) is 9.29. The van der Waals surface area contributed by atoms with Crippen molar-refractivity contribution in [2.75, 3.05) is 0 Å². The van der Waals surface area contributed by atoms with Gasteiger partial charge in [-0.15, -0.1) is 0 Å². The van der Waals surface area contributed by atoms with Crippen molar-refractivity contribution < 1.29 is 31.6 Å². The zero-order chi connectivity index (χ0) is 21.4. The van der Waals surface area contributed by atoms with E-state index in [1.807, 2.05) is 6.07 Å². The molecule has 8 heteroatoms. The van der Waals surface area contributed by atoms with E-state index in [0.717, 1.165) is 17.7 Å². The molecule has 2 aromatic carbocycles. The van der Waals surface area contributed by atoms with Gasteiger partial charge in [0.1, 0.15) is 6.61 Å². The molecule has 0 aliphatic carbocycles. The van der Waals surface area contributed by atoms with Gasteiger partial charge in [0.25, 0.3) is 0 Å². The minimum Gasteiger partial charge on any atom is -0.486 e. The second-order valence-electron chi connectivity index (χ2n) is 8.14. The third-order valence-electron chi connectivity index (χ3n) is 5.33. The van der Waals surface area contributed by atoms with Crippen LogP contribution >= 0.6 is 0 Å². The molecule has 2 aromatic rings. The summed E-state index contributed by atoms with van der Waals surface area (Å²) < 4.78 is 71.3. The Labute approximate surface area is 168 Å². The molecular weight excluding hydrogens is 387 g/mol. The fourth-order valence-corrected chi connectivity index (χ4v) is 3.02. The quantitative estimate of drug-likeness (QED) is 0.523. The van der Waals surface area contributed by atoms with Crippen molar-refractivity contribution in [1.82, 2.24) is 0 Å². The van der Waals surface area contributed by atoms with Crippen molar-refractivity contribution >= 4 is 12.6 Å². The topological polar surface area (TPSA) is 27.7 Å². The van der Waals surface area contributed by atoms with Gasteiger partial charge in [-0.05, 0) is 56.4 Å². The molecule has 1 aliphatic heterocycles. The zero-order valence-corrected chi connectivity index (χ0v) is 16.8. The molecular formula is C21H23BF4O3. The number of benzene rings is 2. The first-order chi connectivity index (χ1) is 13.4. The minimum absolute atomic E-state index is 0.0190. The number of alkyl halides is 3. The molecule has 0 radical (unpaired) electrons.